The Labute approximate surface area is 99.3 Å². The summed E-state index contributed by atoms with van der Waals surface area (Å²) >= 11 is 0. The fourth-order valence-electron chi connectivity index (χ4n) is 1.34. The van der Waals surface area contributed by atoms with Crippen molar-refractivity contribution >= 4 is 17.2 Å². The van der Waals surface area contributed by atoms with E-state index < -0.39 is 17.2 Å². The molecule has 1 rings (SSSR count). The summed E-state index contributed by atoms with van der Waals surface area (Å²) in [5, 5.41) is 12.4. The molecule has 1 N–H and O–H groups in total. The Morgan fingerprint density at radius 1 is 1.35 bits per heavy atom. The van der Waals surface area contributed by atoms with Crippen LogP contribution in [0.2, 0.25) is 0 Å². The van der Waals surface area contributed by atoms with Gasteiger partial charge in [0.25, 0.3) is 0 Å². The lowest BCUT2D eigenvalue weighted by Crippen LogP contribution is -2.08. The van der Waals surface area contributed by atoms with Gasteiger partial charge in [0.05, 0.1) is 0 Å². The van der Waals surface area contributed by atoms with E-state index in [9.17, 15) is 14.8 Å². The number of hydrogen-bond acceptors (Lipinski definition) is 5. The number of hydrogen-bond donors (Lipinski definition) is 1. The summed E-state index contributed by atoms with van der Waals surface area (Å²) in [6, 6.07) is 6.85. The van der Waals surface area contributed by atoms with Gasteiger partial charge in [-0.3, -0.25) is 4.79 Å². The van der Waals surface area contributed by atoms with Gasteiger partial charge in [-0.15, -0.1) is 4.91 Å². The molecule has 5 heteroatoms. The molecule has 0 saturated heterocycles. The quantitative estimate of drug-likeness (QED) is 0.493. The van der Waals surface area contributed by atoms with Crippen LogP contribution in [0.4, 0.5) is 5.69 Å². The van der Waals surface area contributed by atoms with Crippen LogP contribution in [0.5, 0.6) is 0 Å². The van der Waals surface area contributed by atoms with Crippen LogP contribution in [0.15, 0.2) is 35.1 Å². The highest BCUT2D eigenvalue weighted by Gasteiger charge is 2.14. The maximum absolute atomic E-state index is 11.1. The molecule has 0 heterocycles. The summed E-state index contributed by atoms with van der Waals surface area (Å²) in [6.07, 6.45) is 0. The van der Waals surface area contributed by atoms with Gasteiger partial charge in [-0.25, -0.2) is 0 Å². The molecule has 17 heavy (non-hydrogen) atoms. The predicted octanol–water partition coefficient (Wildman–Crippen LogP) is 2.33. The van der Waals surface area contributed by atoms with Crippen molar-refractivity contribution in [3.8, 4) is 0 Å². The summed E-state index contributed by atoms with van der Waals surface area (Å²) in [6.45, 7) is 1.18. The summed E-state index contributed by atoms with van der Waals surface area (Å²) < 4.78 is 0. The van der Waals surface area contributed by atoms with E-state index in [1.807, 2.05) is 25.1 Å². The molecule has 1 aromatic carbocycles. The van der Waals surface area contributed by atoms with Gasteiger partial charge >= 0.3 is 0 Å². The molecule has 0 aromatic heterocycles. The summed E-state index contributed by atoms with van der Waals surface area (Å²) in [4.78, 5) is 23.4. The second kappa shape index (κ2) is 5.25. The van der Waals surface area contributed by atoms with Crippen LogP contribution in [0.25, 0.3) is 5.76 Å². The van der Waals surface area contributed by atoms with Crippen molar-refractivity contribution < 1.29 is 9.90 Å². The van der Waals surface area contributed by atoms with E-state index >= 15 is 0 Å². The summed E-state index contributed by atoms with van der Waals surface area (Å²) in [5.41, 5.74) is 0.782. The minimum atomic E-state index is -0.562. The summed E-state index contributed by atoms with van der Waals surface area (Å²) in [7, 11) is 3.70. The first kappa shape index (κ1) is 12.9. The maximum atomic E-state index is 11.1. The summed E-state index contributed by atoms with van der Waals surface area (Å²) in [5.74, 6) is -0.955. The van der Waals surface area contributed by atoms with Crippen molar-refractivity contribution in [1.82, 2.24) is 0 Å². The molecule has 0 saturated carbocycles. The smallest absolute Gasteiger partial charge is 0.192 e. The van der Waals surface area contributed by atoms with E-state index in [1.165, 1.54) is 6.92 Å². The van der Waals surface area contributed by atoms with Gasteiger partial charge in [0.2, 0.25) is 0 Å². The molecule has 0 unspecified atom stereocenters. The van der Waals surface area contributed by atoms with Crippen LogP contribution in [0, 0.1) is 4.91 Å². The Morgan fingerprint density at radius 3 is 2.47 bits per heavy atom. The fourth-order valence-corrected chi connectivity index (χ4v) is 1.34. The molecule has 0 aliphatic heterocycles. The zero-order valence-corrected chi connectivity index (χ0v) is 9.97. The first-order valence-corrected chi connectivity index (χ1v) is 5.02. The van der Waals surface area contributed by atoms with Gasteiger partial charge < -0.3 is 10.0 Å². The molecule has 0 fully saturated rings. The average molecular weight is 234 g/mol. The van der Waals surface area contributed by atoms with Gasteiger partial charge in [-0.05, 0) is 17.3 Å². The van der Waals surface area contributed by atoms with E-state index in [-0.39, 0.29) is 0 Å². The Hall–Kier alpha value is -2.17. The largest absolute Gasteiger partial charge is 0.505 e. The van der Waals surface area contributed by atoms with Crippen LogP contribution < -0.4 is 4.90 Å². The maximum Gasteiger partial charge on any atom is 0.192 e. The topological polar surface area (TPSA) is 70.0 Å². The average Bonchev–Trinajstić information content (AvgIpc) is 2.29. The molecule has 0 bridgehead atoms. The lowest BCUT2D eigenvalue weighted by Gasteiger charge is -2.13. The Balaban J connectivity index is 3.28. The van der Waals surface area contributed by atoms with Crippen molar-refractivity contribution in [2.45, 2.75) is 6.92 Å². The number of nitroso groups, excluding NO2 is 1. The second-order valence-electron chi connectivity index (χ2n) is 3.79. The normalized spacial score (nSPS) is 11.7. The lowest BCUT2D eigenvalue weighted by atomic mass is 10.1. The SMILES string of the molecule is CC(=O)/C(N=O)=C(\O)c1cccc(N(C)C)c1. The molecule has 1 aromatic rings. The van der Waals surface area contributed by atoms with Crippen LogP contribution in [0.1, 0.15) is 12.5 Å². The van der Waals surface area contributed by atoms with Gasteiger partial charge in [0, 0.05) is 32.3 Å². The number of aliphatic hydroxyl groups excluding tert-OH is 1. The standard InChI is InChI=1S/C12H14N2O3/c1-8(15)11(13-17)12(16)9-5-4-6-10(7-9)14(2)3/h4-7,16H,1-3H3/b12-11+. The molecule has 0 atom stereocenters. The van der Waals surface area contributed by atoms with Crippen LogP contribution in [0.3, 0.4) is 0 Å². The highest BCUT2D eigenvalue weighted by molar-refractivity contribution is 5.99. The van der Waals surface area contributed by atoms with Crippen molar-refractivity contribution in [1.29, 1.82) is 0 Å². The molecular weight excluding hydrogens is 220 g/mol. The van der Waals surface area contributed by atoms with Gasteiger partial charge in [0.15, 0.2) is 17.2 Å². The monoisotopic (exact) mass is 234 g/mol. The minimum Gasteiger partial charge on any atom is -0.505 e. The third-order valence-electron chi connectivity index (χ3n) is 2.29. The molecule has 0 radical (unpaired) electrons. The van der Waals surface area contributed by atoms with Crippen molar-refractivity contribution in [2.24, 2.45) is 5.18 Å². The number of rotatable bonds is 4. The molecule has 0 aliphatic carbocycles. The Kier molecular flexibility index (Phi) is 3.98. The van der Waals surface area contributed by atoms with E-state index in [2.05, 4.69) is 5.18 Å². The molecule has 5 nitrogen and oxygen atoms in total. The number of aliphatic hydroxyl groups is 1. The van der Waals surface area contributed by atoms with Gasteiger partial charge in [-0.1, -0.05) is 12.1 Å². The fraction of sp³-hybridized carbons (Fsp3) is 0.250. The number of carbonyl (C=O) groups excluding carboxylic acids is 1. The van der Waals surface area contributed by atoms with Gasteiger partial charge in [-0.2, -0.15) is 0 Å². The zero-order valence-electron chi connectivity index (χ0n) is 9.97. The second-order valence-corrected chi connectivity index (χ2v) is 3.79. The predicted molar refractivity (Wildman–Crippen MR) is 66.8 cm³/mol. The van der Waals surface area contributed by atoms with E-state index in [1.54, 1.807) is 18.2 Å². The van der Waals surface area contributed by atoms with Crippen molar-refractivity contribution in [3.05, 3.63) is 40.4 Å². The van der Waals surface area contributed by atoms with E-state index in [0.29, 0.717) is 5.56 Å². The molecule has 90 valence electrons. The van der Waals surface area contributed by atoms with Crippen LogP contribution >= 0.6 is 0 Å². The molecular formula is C12H14N2O3. The minimum absolute atomic E-state index is 0.390. The highest BCUT2D eigenvalue weighted by atomic mass is 16.3. The number of allylic oxidation sites excluding steroid dienone is 1. The number of benzene rings is 1. The van der Waals surface area contributed by atoms with Crippen molar-refractivity contribution in [2.75, 3.05) is 19.0 Å². The number of nitrogens with zero attached hydrogens (tertiary/aromatic N) is 2. The Bertz CT molecular complexity index is 478. The number of ketones is 1. The zero-order chi connectivity index (χ0) is 13.0. The third kappa shape index (κ3) is 2.90. The van der Waals surface area contributed by atoms with E-state index in [4.69, 9.17) is 0 Å². The molecule has 0 aliphatic rings. The Morgan fingerprint density at radius 2 is 2.00 bits per heavy atom. The van der Waals surface area contributed by atoms with E-state index in [0.717, 1.165) is 5.69 Å². The van der Waals surface area contributed by atoms with Crippen LogP contribution in [-0.4, -0.2) is 25.0 Å². The number of carbonyl (C=O) groups is 1. The van der Waals surface area contributed by atoms with Crippen molar-refractivity contribution in [3.63, 3.8) is 0 Å². The highest BCUT2D eigenvalue weighted by Crippen LogP contribution is 2.21. The first-order valence-electron chi connectivity index (χ1n) is 5.02. The first-order chi connectivity index (χ1) is 7.97. The number of anilines is 1. The number of Topliss-reactive ketones (excluding diaryl/α,β-unsaturated/α-hetero) is 1. The van der Waals surface area contributed by atoms with Crippen LogP contribution in [-0.2, 0) is 4.79 Å². The molecule has 0 amide bonds. The lowest BCUT2D eigenvalue weighted by molar-refractivity contribution is -0.113. The third-order valence-corrected chi connectivity index (χ3v) is 2.29. The molecule has 0 spiro atoms. The van der Waals surface area contributed by atoms with Gasteiger partial charge in [0.1, 0.15) is 0 Å².